The third kappa shape index (κ3) is 5.64. The lowest BCUT2D eigenvalue weighted by Crippen LogP contribution is -2.40. The lowest BCUT2D eigenvalue weighted by atomic mass is 10.1. The van der Waals surface area contributed by atoms with Crippen LogP contribution in [0.5, 0.6) is 0 Å². The Balaban J connectivity index is 2.76. The maximum absolute atomic E-state index is 12.2. The molecule has 0 spiro atoms. The molecule has 1 aromatic heterocycles. The molecule has 1 aromatic rings. The van der Waals surface area contributed by atoms with E-state index in [1.165, 1.54) is 0 Å². The fraction of sp³-hybridized carbons (Fsp3) is 0.538. The van der Waals surface area contributed by atoms with Crippen LogP contribution in [0.1, 0.15) is 32.2 Å². The van der Waals surface area contributed by atoms with Crippen molar-refractivity contribution in [3.8, 4) is 0 Å². The van der Waals surface area contributed by atoms with E-state index < -0.39 is 30.9 Å². The molecular weight excluding hydrogens is 278 g/mol. The monoisotopic (exact) mass is 297 g/mol. The molecule has 1 heterocycles. The number of carboxylic acids is 2. The molecule has 8 nitrogen and oxygen atoms in total. The number of hydrogen-bond donors (Lipinski definition) is 2. The molecule has 116 valence electrons. The zero-order valence-electron chi connectivity index (χ0n) is 11.8. The van der Waals surface area contributed by atoms with E-state index in [2.05, 4.69) is 4.98 Å². The van der Waals surface area contributed by atoms with Crippen LogP contribution in [0.2, 0.25) is 0 Å². The fourth-order valence-corrected chi connectivity index (χ4v) is 2.06. The lowest BCUT2D eigenvalue weighted by molar-refractivity contribution is -0.149. The fourth-order valence-electron chi connectivity index (χ4n) is 2.06. The molecule has 1 amide bonds. The number of carboxylic acid groups (broad SMARTS) is 2. The number of rotatable bonds is 9. The summed E-state index contributed by atoms with van der Waals surface area (Å²) >= 11 is 0. The van der Waals surface area contributed by atoms with Crippen molar-refractivity contribution in [2.45, 2.75) is 32.2 Å². The second-order valence-electron chi connectivity index (χ2n) is 4.69. The van der Waals surface area contributed by atoms with Crippen molar-refractivity contribution in [3.63, 3.8) is 0 Å². The molecule has 21 heavy (non-hydrogen) atoms. The summed E-state index contributed by atoms with van der Waals surface area (Å²) < 4.78 is 1.78. The molecule has 0 radical (unpaired) electrons. The van der Waals surface area contributed by atoms with E-state index in [1.807, 2.05) is 6.92 Å². The Labute approximate surface area is 122 Å². The van der Waals surface area contributed by atoms with Gasteiger partial charge in [-0.1, -0.05) is 13.3 Å². The molecule has 2 N–H and O–H groups in total. The van der Waals surface area contributed by atoms with Crippen LogP contribution in [0.15, 0.2) is 18.7 Å². The predicted molar refractivity (Wildman–Crippen MR) is 72.6 cm³/mol. The standard InChI is InChI=1S/C13H19N3O5/c1-2-3-10(15-5-4-14-9-15)6-11(17)16(7-12(18)19)8-13(20)21/h4-5,9-10H,2-3,6-8H2,1H3,(H,18,19)(H,20,21). The average molecular weight is 297 g/mol. The molecule has 1 unspecified atom stereocenters. The SMILES string of the molecule is CCCC(CC(=O)N(CC(=O)O)CC(=O)O)n1ccnc1. The third-order valence-electron chi connectivity index (χ3n) is 2.98. The minimum absolute atomic E-state index is 0.0464. The summed E-state index contributed by atoms with van der Waals surface area (Å²) in [6, 6.07) is -0.157. The van der Waals surface area contributed by atoms with Crippen molar-refractivity contribution >= 4 is 17.8 Å². The lowest BCUT2D eigenvalue weighted by Gasteiger charge is -2.23. The van der Waals surface area contributed by atoms with E-state index in [0.717, 1.165) is 17.7 Å². The first-order valence-electron chi connectivity index (χ1n) is 6.62. The Kier molecular flexibility index (Phi) is 6.38. The van der Waals surface area contributed by atoms with Crippen molar-refractivity contribution in [2.75, 3.05) is 13.1 Å². The predicted octanol–water partition coefficient (Wildman–Crippen LogP) is 0.612. The first-order valence-corrected chi connectivity index (χ1v) is 6.62. The molecule has 0 aliphatic carbocycles. The highest BCUT2D eigenvalue weighted by Gasteiger charge is 2.23. The summed E-state index contributed by atoms with van der Waals surface area (Å²) in [5, 5.41) is 17.5. The molecule has 0 aliphatic rings. The molecule has 0 bridgehead atoms. The Bertz CT molecular complexity index is 470. The number of carbonyl (C=O) groups excluding carboxylic acids is 1. The van der Waals surface area contributed by atoms with Gasteiger partial charge in [0.05, 0.1) is 6.33 Å². The van der Waals surface area contributed by atoms with Crippen LogP contribution in [-0.4, -0.2) is 55.6 Å². The van der Waals surface area contributed by atoms with E-state index in [9.17, 15) is 14.4 Å². The van der Waals surface area contributed by atoms with Gasteiger partial charge in [0.15, 0.2) is 0 Å². The zero-order chi connectivity index (χ0) is 15.8. The summed E-state index contributed by atoms with van der Waals surface area (Å²) in [6.07, 6.45) is 6.52. The maximum atomic E-state index is 12.2. The average Bonchev–Trinajstić information content (AvgIpc) is 2.90. The highest BCUT2D eigenvalue weighted by Crippen LogP contribution is 2.19. The molecule has 0 aliphatic heterocycles. The quantitative estimate of drug-likeness (QED) is 0.690. The second-order valence-corrected chi connectivity index (χ2v) is 4.69. The Morgan fingerprint density at radius 3 is 2.29 bits per heavy atom. The molecular formula is C13H19N3O5. The summed E-state index contributed by atoms with van der Waals surface area (Å²) in [6.45, 7) is 0.739. The number of carbonyl (C=O) groups is 3. The van der Waals surface area contributed by atoms with Gasteiger partial charge in [-0.2, -0.15) is 0 Å². The maximum Gasteiger partial charge on any atom is 0.323 e. The Hall–Kier alpha value is -2.38. The Morgan fingerprint density at radius 2 is 1.86 bits per heavy atom. The highest BCUT2D eigenvalue weighted by molar-refractivity contribution is 5.85. The van der Waals surface area contributed by atoms with Gasteiger partial charge in [-0.3, -0.25) is 14.4 Å². The van der Waals surface area contributed by atoms with E-state index in [4.69, 9.17) is 10.2 Å². The van der Waals surface area contributed by atoms with Crippen molar-refractivity contribution in [3.05, 3.63) is 18.7 Å². The van der Waals surface area contributed by atoms with E-state index in [0.29, 0.717) is 0 Å². The highest BCUT2D eigenvalue weighted by atomic mass is 16.4. The summed E-state index contributed by atoms with van der Waals surface area (Å²) in [5.41, 5.74) is 0. The van der Waals surface area contributed by atoms with Crippen molar-refractivity contribution in [1.29, 1.82) is 0 Å². The summed E-state index contributed by atoms with van der Waals surface area (Å²) in [4.78, 5) is 38.4. The molecule has 1 rings (SSSR count). The molecule has 8 heteroatoms. The van der Waals surface area contributed by atoms with E-state index in [1.54, 1.807) is 23.3 Å². The van der Waals surface area contributed by atoms with Gasteiger partial charge < -0.3 is 19.7 Å². The van der Waals surface area contributed by atoms with Gasteiger partial charge in [-0.05, 0) is 6.42 Å². The van der Waals surface area contributed by atoms with Crippen LogP contribution in [-0.2, 0) is 14.4 Å². The van der Waals surface area contributed by atoms with Crippen LogP contribution in [0, 0.1) is 0 Å². The number of nitrogens with zero attached hydrogens (tertiary/aromatic N) is 3. The number of amides is 1. The number of hydrogen-bond acceptors (Lipinski definition) is 4. The zero-order valence-corrected chi connectivity index (χ0v) is 11.8. The van der Waals surface area contributed by atoms with Crippen LogP contribution in [0.4, 0.5) is 0 Å². The molecule has 0 saturated heterocycles. The summed E-state index contributed by atoms with van der Waals surface area (Å²) in [5.74, 6) is -2.97. The number of aliphatic carboxylic acids is 2. The first-order chi connectivity index (χ1) is 9.93. The van der Waals surface area contributed by atoms with Crippen molar-refractivity contribution in [2.24, 2.45) is 0 Å². The minimum Gasteiger partial charge on any atom is -0.480 e. The second kappa shape index (κ2) is 8.03. The van der Waals surface area contributed by atoms with Crippen LogP contribution >= 0.6 is 0 Å². The van der Waals surface area contributed by atoms with Gasteiger partial charge in [-0.25, -0.2) is 4.98 Å². The molecule has 0 aromatic carbocycles. The molecule has 0 saturated carbocycles. The summed E-state index contributed by atoms with van der Waals surface area (Å²) in [7, 11) is 0. The van der Waals surface area contributed by atoms with Crippen molar-refractivity contribution in [1.82, 2.24) is 14.5 Å². The van der Waals surface area contributed by atoms with Gasteiger partial charge in [0.25, 0.3) is 0 Å². The van der Waals surface area contributed by atoms with E-state index in [-0.39, 0.29) is 12.5 Å². The Morgan fingerprint density at radius 1 is 1.24 bits per heavy atom. The van der Waals surface area contributed by atoms with Crippen LogP contribution in [0.3, 0.4) is 0 Å². The molecule has 0 fully saturated rings. The van der Waals surface area contributed by atoms with Crippen molar-refractivity contribution < 1.29 is 24.6 Å². The topological polar surface area (TPSA) is 113 Å². The van der Waals surface area contributed by atoms with Gasteiger partial charge in [-0.15, -0.1) is 0 Å². The number of imidazole rings is 1. The minimum atomic E-state index is -1.24. The van der Waals surface area contributed by atoms with Crippen LogP contribution in [0.25, 0.3) is 0 Å². The van der Waals surface area contributed by atoms with Gasteiger partial charge in [0.2, 0.25) is 5.91 Å². The van der Waals surface area contributed by atoms with Gasteiger partial charge >= 0.3 is 11.9 Å². The van der Waals surface area contributed by atoms with Gasteiger partial charge in [0, 0.05) is 24.9 Å². The van der Waals surface area contributed by atoms with E-state index >= 15 is 0 Å². The third-order valence-corrected chi connectivity index (χ3v) is 2.98. The van der Waals surface area contributed by atoms with Gasteiger partial charge in [0.1, 0.15) is 13.1 Å². The van der Waals surface area contributed by atoms with Crippen LogP contribution < -0.4 is 0 Å². The number of aromatic nitrogens is 2. The normalized spacial score (nSPS) is 11.9. The molecule has 1 atom stereocenters. The largest absolute Gasteiger partial charge is 0.480 e. The smallest absolute Gasteiger partial charge is 0.323 e. The first kappa shape index (κ1) is 16.7.